The summed E-state index contributed by atoms with van der Waals surface area (Å²) in [5.74, 6) is 0.870. The van der Waals surface area contributed by atoms with Gasteiger partial charge in [-0.05, 0) is 24.0 Å². The van der Waals surface area contributed by atoms with E-state index in [1.54, 1.807) is 21.8 Å². The normalized spacial score (nSPS) is 18.2. The molecule has 0 bridgehead atoms. The van der Waals surface area contributed by atoms with Gasteiger partial charge < -0.3 is 5.32 Å². The number of fused-ring (bicyclic) bond motifs is 1. The van der Waals surface area contributed by atoms with Gasteiger partial charge >= 0.3 is 0 Å². The zero-order valence-corrected chi connectivity index (χ0v) is 15.0. The number of carbonyl (C=O) groups is 2. The van der Waals surface area contributed by atoms with Crippen LogP contribution in [0.15, 0.2) is 36.5 Å². The lowest BCUT2D eigenvalue weighted by molar-refractivity contribution is -0.123. The molecule has 1 aromatic carbocycles. The standard InChI is InChI=1S/C20H24N4O2/c1-23-11-10-18(22-23)21-20(26)17(12-14-6-2-3-7-14)24-16-9-5-4-8-15(16)13-19(24)25/h4-5,8-11,14,17H,2-3,6-7,12-13H2,1H3,(H,21,22,26). The highest BCUT2D eigenvalue weighted by Crippen LogP contribution is 2.35. The lowest BCUT2D eigenvalue weighted by Crippen LogP contribution is -2.47. The summed E-state index contributed by atoms with van der Waals surface area (Å²) in [6.07, 6.45) is 7.56. The summed E-state index contributed by atoms with van der Waals surface area (Å²) in [6, 6.07) is 9.05. The molecule has 0 spiro atoms. The second kappa shape index (κ2) is 6.94. The van der Waals surface area contributed by atoms with Crippen molar-refractivity contribution in [3.63, 3.8) is 0 Å². The number of benzene rings is 1. The Kier molecular flexibility index (Phi) is 4.49. The predicted molar refractivity (Wildman–Crippen MR) is 99.8 cm³/mol. The number of para-hydroxylation sites is 1. The highest BCUT2D eigenvalue weighted by atomic mass is 16.2. The number of hydrogen-bond acceptors (Lipinski definition) is 3. The van der Waals surface area contributed by atoms with Crippen LogP contribution in [0.4, 0.5) is 11.5 Å². The molecule has 2 aromatic rings. The summed E-state index contributed by atoms with van der Waals surface area (Å²) < 4.78 is 1.65. The van der Waals surface area contributed by atoms with Gasteiger partial charge in [0.15, 0.2) is 5.82 Å². The van der Waals surface area contributed by atoms with Crippen molar-refractivity contribution in [2.45, 2.75) is 44.6 Å². The van der Waals surface area contributed by atoms with Crippen molar-refractivity contribution >= 4 is 23.3 Å². The fraction of sp³-hybridized carbons (Fsp3) is 0.450. The van der Waals surface area contributed by atoms with Gasteiger partial charge in [0.2, 0.25) is 11.8 Å². The van der Waals surface area contributed by atoms with Gasteiger partial charge in [0.05, 0.1) is 6.42 Å². The fourth-order valence-electron chi connectivity index (χ4n) is 4.20. The Morgan fingerprint density at radius 3 is 2.77 bits per heavy atom. The molecule has 1 atom stereocenters. The van der Waals surface area contributed by atoms with Crippen molar-refractivity contribution in [3.05, 3.63) is 42.1 Å². The van der Waals surface area contributed by atoms with E-state index in [1.165, 1.54) is 12.8 Å². The van der Waals surface area contributed by atoms with Crippen LogP contribution in [0.2, 0.25) is 0 Å². The van der Waals surface area contributed by atoms with E-state index in [-0.39, 0.29) is 11.8 Å². The zero-order valence-electron chi connectivity index (χ0n) is 15.0. The number of aromatic nitrogens is 2. The average Bonchev–Trinajstić information content (AvgIpc) is 3.33. The molecule has 4 rings (SSSR count). The number of hydrogen-bond donors (Lipinski definition) is 1. The first-order chi connectivity index (χ1) is 12.6. The van der Waals surface area contributed by atoms with Crippen molar-refractivity contribution in [3.8, 4) is 0 Å². The molecule has 1 saturated carbocycles. The van der Waals surface area contributed by atoms with E-state index in [2.05, 4.69) is 10.4 Å². The van der Waals surface area contributed by atoms with Gasteiger partial charge in [0.1, 0.15) is 6.04 Å². The van der Waals surface area contributed by atoms with Crippen LogP contribution in [0.1, 0.15) is 37.7 Å². The van der Waals surface area contributed by atoms with Crippen LogP contribution in [0.25, 0.3) is 0 Å². The average molecular weight is 352 g/mol. The maximum atomic E-state index is 13.1. The summed E-state index contributed by atoms with van der Waals surface area (Å²) in [7, 11) is 1.81. The van der Waals surface area contributed by atoms with Crippen LogP contribution in [-0.2, 0) is 23.1 Å². The van der Waals surface area contributed by atoms with Crippen LogP contribution in [0.3, 0.4) is 0 Å². The molecule has 2 heterocycles. The summed E-state index contributed by atoms with van der Waals surface area (Å²) in [6.45, 7) is 0. The lowest BCUT2D eigenvalue weighted by Gasteiger charge is -2.29. The molecule has 2 aliphatic rings. The molecular formula is C20H24N4O2. The van der Waals surface area contributed by atoms with Crippen molar-refractivity contribution in [2.75, 3.05) is 10.2 Å². The molecule has 1 aromatic heterocycles. The van der Waals surface area contributed by atoms with E-state index in [1.807, 2.05) is 31.3 Å². The van der Waals surface area contributed by atoms with E-state index >= 15 is 0 Å². The third-order valence-electron chi connectivity index (χ3n) is 5.47. The van der Waals surface area contributed by atoms with Gasteiger partial charge in [-0.3, -0.25) is 19.2 Å². The van der Waals surface area contributed by atoms with Gasteiger partial charge in [-0.1, -0.05) is 43.9 Å². The Morgan fingerprint density at radius 1 is 1.27 bits per heavy atom. The minimum Gasteiger partial charge on any atom is -0.307 e. The monoisotopic (exact) mass is 352 g/mol. The fourth-order valence-corrected chi connectivity index (χ4v) is 4.20. The number of anilines is 2. The van der Waals surface area contributed by atoms with Crippen LogP contribution in [0, 0.1) is 5.92 Å². The molecule has 2 amide bonds. The molecule has 1 aliphatic heterocycles. The SMILES string of the molecule is Cn1ccc(NC(=O)C(CC2CCCC2)N2C(=O)Cc3ccccc32)n1. The molecule has 26 heavy (non-hydrogen) atoms. The van der Waals surface area contributed by atoms with Gasteiger partial charge in [0, 0.05) is 25.0 Å². The number of nitrogens with one attached hydrogen (secondary N) is 1. The topological polar surface area (TPSA) is 67.2 Å². The second-order valence-electron chi connectivity index (χ2n) is 7.34. The third kappa shape index (κ3) is 3.23. The predicted octanol–water partition coefficient (Wildman–Crippen LogP) is 2.90. The van der Waals surface area contributed by atoms with Crippen molar-refractivity contribution < 1.29 is 9.59 Å². The highest BCUT2D eigenvalue weighted by molar-refractivity contribution is 6.08. The molecule has 6 heteroatoms. The molecule has 6 nitrogen and oxygen atoms in total. The Labute approximate surface area is 153 Å². The summed E-state index contributed by atoms with van der Waals surface area (Å²) >= 11 is 0. The third-order valence-corrected chi connectivity index (χ3v) is 5.47. The summed E-state index contributed by atoms with van der Waals surface area (Å²) in [5, 5.41) is 7.14. The summed E-state index contributed by atoms with van der Waals surface area (Å²) in [5.41, 5.74) is 1.87. The minimum atomic E-state index is -0.490. The van der Waals surface area contributed by atoms with E-state index < -0.39 is 6.04 Å². The van der Waals surface area contributed by atoms with E-state index in [0.29, 0.717) is 24.6 Å². The number of nitrogens with zero attached hydrogens (tertiary/aromatic N) is 3. The van der Waals surface area contributed by atoms with E-state index in [4.69, 9.17) is 0 Å². The molecule has 136 valence electrons. The van der Waals surface area contributed by atoms with Gasteiger partial charge in [-0.15, -0.1) is 0 Å². The van der Waals surface area contributed by atoms with Crippen LogP contribution in [-0.4, -0.2) is 27.6 Å². The Morgan fingerprint density at radius 2 is 2.04 bits per heavy atom. The molecular weight excluding hydrogens is 328 g/mol. The summed E-state index contributed by atoms with van der Waals surface area (Å²) in [4.78, 5) is 27.5. The van der Waals surface area contributed by atoms with Crippen molar-refractivity contribution in [1.29, 1.82) is 0 Å². The number of carbonyl (C=O) groups excluding carboxylic acids is 2. The molecule has 1 aliphatic carbocycles. The molecule has 1 fully saturated rings. The van der Waals surface area contributed by atoms with Gasteiger partial charge in [-0.25, -0.2) is 0 Å². The lowest BCUT2D eigenvalue weighted by atomic mass is 9.96. The number of aryl methyl sites for hydroxylation is 1. The highest BCUT2D eigenvalue weighted by Gasteiger charge is 2.38. The smallest absolute Gasteiger partial charge is 0.248 e. The van der Waals surface area contributed by atoms with Crippen molar-refractivity contribution in [1.82, 2.24) is 9.78 Å². The van der Waals surface area contributed by atoms with Crippen LogP contribution < -0.4 is 10.2 Å². The molecule has 1 N–H and O–H groups in total. The molecule has 0 radical (unpaired) electrons. The molecule has 1 unspecified atom stereocenters. The Bertz CT molecular complexity index is 823. The van der Waals surface area contributed by atoms with Crippen LogP contribution in [0.5, 0.6) is 0 Å². The quantitative estimate of drug-likeness (QED) is 0.900. The first-order valence-corrected chi connectivity index (χ1v) is 9.32. The number of amides is 2. The van der Waals surface area contributed by atoms with E-state index in [0.717, 1.165) is 24.1 Å². The van der Waals surface area contributed by atoms with Crippen molar-refractivity contribution in [2.24, 2.45) is 13.0 Å². The second-order valence-corrected chi connectivity index (χ2v) is 7.34. The van der Waals surface area contributed by atoms with Gasteiger partial charge in [-0.2, -0.15) is 5.10 Å². The maximum Gasteiger partial charge on any atom is 0.248 e. The number of rotatable bonds is 5. The molecule has 0 saturated heterocycles. The first-order valence-electron chi connectivity index (χ1n) is 9.32. The maximum absolute atomic E-state index is 13.1. The van der Waals surface area contributed by atoms with Gasteiger partial charge in [0.25, 0.3) is 0 Å². The van der Waals surface area contributed by atoms with E-state index in [9.17, 15) is 9.59 Å². The largest absolute Gasteiger partial charge is 0.307 e. The Hall–Kier alpha value is -2.63. The zero-order chi connectivity index (χ0) is 18.1. The van der Waals surface area contributed by atoms with Crippen LogP contribution >= 0.6 is 0 Å². The Balaban J connectivity index is 1.62. The first kappa shape index (κ1) is 16.8. The minimum absolute atomic E-state index is 0.00497.